The third-order valence-electron chi connectivity index (χ3n) is 3.00. The molecule has 0 spiro atoms. The lowest BCUT2D eigenvalue weighted by Gasteiger charge is -2.09. The molecule has 19 heavy (non-hydrogen) atoms. The third kappa shape index (κ3) is 2.62. The van der Waals surface area contributed by atoms with E-state index in [0.717, 1.165) is 16.7 Å². The molecular formula is C15H17N3O. The molecule has 0 fully saturated rings. The molecule has 2 N–H and O–H groups in total. The number of hydrogen-bond acceptors (Lipinski definition) is 4. The maximum Gasteiger partial charge on any atom is 0.178 e. The van der Waals surface area contributed by atoms with E-state index >= 15 is 0 Å². The van der Waals surface area contributed by atoms with E-state index in [1.54, 1.807) is 6.92 Å². The zero-order valence-corrected chi connectivity index (χ0v) is 11.6. The molecule has 0 aliphatic rings. The number of nitrogens with zero attached hydrogens (tertiary/aromatic N) is 2. The molecule has 0 aliphatic carbocycles. The summed E-state index contributed by atoms with van der Waals surface area (Å²) in [5, 5.41) is 0. The van der Waals surface area contributed by atoms with Gasteiger partial charge in [0.15, 0.2) is 11.6 Å². The maximum atomic E-state index is 11.6. The van der Waals surface area contributed by atoms with Gasteiger partial charge in [0.1, 0.15) is 11.5 Å². The van der Waals surface area contributed by atoms with Crippen LogP contribution >= 0.6 is 0 Å². The zero-order chi connectivity index (χ0) is 14.2. The number of anilines is 1. The van der Waals surface area contributed by atoms with Gasteiger partial charge in [0, 0.05) is 18.1 Å². The monoisotopic (exact) mass is 255 g/mol. The van der Waals surface area contributed by atoms with Crippen molar-refractivity contribution in [2.24, 2.45) is 0 Å². The Morgan fingerprint density at radius 1 is 1.05 bits per heavy atom. The summed E-state index contributed by atoms with van der Waals surface area (Å²) in [6, 6.07) is 6.05. The first kappa shape index (κ1) is 13.2. The van der Waals surface area contributed by atoms with Crippen LogP contribution in [0.15, 0.2) is 18.2 Å². The highest BCUT2D eigenvalue weighted by Gasteiger charge is 2.13. The SMILES string of the molecule is CC(=O)c1nc(-c2cc(C)cc(C)c2)nc(N)c1C. The Kier molecular flexibility index (Phi) is 3.34. The van der Waals surface area contributed by atoms with Crippen LogP contribution in [0.1, 0.15) is 34.1 Å². The Bertz CT molecular complexity index is 642. The van der Waals surface area contributed by atoms with Crippen LogP contribution in [0.4, 0.5) is 5.82 Å². The van der Waals surface area contributed by atoms with Crippen LogP contribution in [0.2, 0.25) is 0 Å². The van der Waals surface area contributed by atoms with Gasteiger partial charge in [-0.2, -0.15) is 0 Å². The van der Waals surface area contributed by atoms with Crippen molar-refractivity contribution in [1.29, 1.82) is 0 Å². The molecule has 0 radical (unpaired) electrons. The van der Waals surface area contributed by atoms with Crippen molar-refractivity contribution in [3.8, 4) is 11.4 Å². The Labute approximate surface area is 112 Å². The summed E-state index contributed by atoms with van der Waals surface area (Å²) >= 11 is 0. The highest BCUT2D eigenvalue weighted by Crippen LogP contribution is 2.22. The number of nitrogens with two attached hydrogens (primary N) is 1. The van der Waals surface area contributed by atoms with Gasteiger partial charge in [0.05, 0.1) is 0 Å². The van der Waals surface area contributed by atoms with E-state index in [1.807, 2.05) is 26.0 Å². The van der Waals surface area contributed by atoms with Crippen molar-refractivity contribution < 1.29 is 4.79 Å². The summed E-state index contributed by atoms with van der Waals surface area (Å²) in [4.78, 5) is 20.2. The van der Waals surface area contributed by atoms with E-state index in [9.17, 15) is 4.79 Å². The summed E-state index contributed by atoms with van der Waals surface area (Å²) in [5.74, 6) is 0.756. The molecule has 0 atom stereocenters. The van der Waals surface area contributed by atoms with Gasteiger partial charge in [0.25, 0.3) is 0 Å². The number of Topliss-reactive ketones (excluding diaryl/α,β-unsaturated/α-hetero) is 1. The highest BCUT2D eigenvalue weighted by atomic mass is 16.1. The van der Waals surface area contributed by atoms with Crippen molar-refractivity contribution >= 4 is 11.6 Å². The fraction of sp³-hybridized carbons (Fsp3) is 0.267. The highest BCUT2D eigenvalue weighted by molar-refractivity contribution is 5.95. The standard InChI is InChI=1S/C15H17N3O/c1-8-5-9(2)7-12(6-8)15-17-13(11(4)19)10(3)14(16)18-15/h5-7H,1-4H3,(H2,16,17,18). The predicted molar refractivity (Wildman–Crippen MR) is 76.1 cm³/mol. The summed E-state index contributed by atoms with van der Waals surface area (Å²) in [5.41, 5.74) is 10.0. The Morgan fingerprint density at radius 3 is 2.16 bits per heavy atom. The van der Waals surface area contributed by atoms with Crippen molar-refractivity contribution in [1.82, 2.24) is 9.97 Å². The van der Waals surface area contributed by atoms with Gasteiger partial charge < -0.3 is 5.73 Å². The largest absolute Gasteiger partial charge is 0.383 e. The summed E-state index contributed by atoms with van der Waals surface area (Å²) in [6.45, 7) is 7.28. The molecule has 0 bridgehead atoms. The first-order valence-electron chi connectivity index (χ1n) is 6.12. The predicted octanol–water partition coefficient (Wildman–Crippen LogP) is 2.85. The van der Waals surface area contributed by atoms with Crippen molar-refractivity contribution in [3.63, 3.8) is 0 Å². The molecule has 0 aliphatic heterocycles. The second kappa shape index (κ2) is 4.80. The molecule has 98 valence electrons. The lowest BCUT2D eigenvalue weighted by atomic mass is 10.1. The molecule has 0 amide bonds. The summed E-state index contributed by atoms with van der Waals surface area (Å²) < 4.78 is 0. The van der Waals surface area contributed by atoms with Gasteiger partial charge in [-0.1, -0.05) is 17.2 Å². The number of carbonyl (C=O) groups is 1. The minimum atomic E-state index is -0.0998. The molecule has 4 nitrogen and oxygen atoms in total. The molecule has 2 rings (SSSR count). The van der Waals surface area contributed by atoms with Gasteiger partial charge in [-0.25, -0.2) is 9.97 Å². The fourth-order valence-corrected chi connectivity index (χ4v) is 2.11. The minimum absolute atomic E-state index is 0.0998. The van der Waals surface area contributed by atoms with Crippen molar-refractivity contribution in [3.05, 3.63) is 40.6 Å². The first-order chi connectivity index (χ1) is 8.88. The number of rotatable bonds is 2. The number of ketones is 1. The molecule has 1 heterocycles. The number of benzene rings is 1. The number of hydrogen-bond donors (Lipinski definition) is 1. The van der Waals surface area contributed by atoms with Crippen molar-refractivity contribution in [2.45, 2.75) is 27.7 Å². The normalized spacial score (nSPS) is 10.5. The zero-order valence-electron chi connectivity index (χ0n) is 11.6. The smallest absolute Gasteiger partial charge is 0.178 e. The quantitative estimate of drug-likeness (QED) is 0.838. The van der Waals surface area contributed by atoms with Gasteiger partial charge in [-0.3, -0.25) is 4.79 Å². The Morgan fingerprint density at radius 2 is 1.63 bits per heavy atom. The van der Waals surface area contributed by atoms with Gasteiger partial charge >= 0.3 is 0 Å². The molecule has 4 heteroatoms. The number of aromatic nitrogens is 2. The van der Waals surface area contributed by atoms with Crippen LogP contribution in [0, 0.1) is 20.8 Å². The number of aryl methyl sites for hydroxylation is 2. The lowest BCUT2D eigenvalue weighted by molar-refractivity contribution is 0.101. The summed E-state index contributed by atoms with van der Waals surface area (Å²) in [6.07, 6.45) is 0. The van der Waals surface area contributed by atoms with Crippen LogP contribution in [0.25, 0.3) is 11.4 Å². The Hall–Kier alpha value is -2.23. The van der Waals surface area contributed by atoms with E-state index in [4.69, 9.17) is 5.73 Å². The molecular weight excluding hydrogens is 238 g/mol. The van der Waals surface area contributed by atoms with E-state index in [2.05, 4.69) is 16.0 Å². The molecule has 0 saturated carbocycles. The average Bonchev–Trinajstić information content (AvgIpc) is 2.30. The first-order valence-corrected chi connectivity index (χ1v) is 6.12. The van der Waals surface area contributed by atoms with Crippen LogP contribution in [-0.4, -0.2) is 15.8 Å². The third-order valence-corrected chi connectivity index (χ3v) is 3.00. The van der Waals surface area contributed by atoms with Gasteiger partial charge in [-0.05, 0) is 32.9 Å². The van der Waals surface area contributed by atoms with E-state index in [-0.39, 0.29) is 5.78 Å². The van der Waals surface area contributed by atoms with E-state index in [0.29, 0.717) is 22.9 Å². The molecule has 1 aromatic heterocycles. The average molecular weight is 255 g/mol. The lowest BCUT2D eigenvalue weighted by Crippen LogP contribution is -2.08. The number of nitrogen functional groups attached to an aromatic ring is 1. The second-order valence-corrected chi connectivity index (χ2v) is 4.84. The summed E-state index contributed by atoms with van der Waals surface area (Å²) in [7, 11) is 0. The van der Waals surface area contributed by atoms with Crippen LogP contribution < -0.4 is 5.73 Å². The van der Waals surface area contributed by atoms with Gasteiger partial charge in [-0.15, -0.1) is 0 Å². The van der Waals surface area contributed by atoms with Gasteiger partial charge in [0.2, 0.25) is 0 Å². The van der Waals surface area contributed by atoms with Crippen molar-refractivity contribution in [2.75, 3.05) is 5.73 Å². The van der Waals surface area contributed by atoms with E-state index < -0.39 is 0 Å². The van der Waals surface area contributed by atoms with Crippen LogP contribution in [-0.2, 0) is 0 Å². The fourth-order valence-electron chi connectivity index (χ4n) is 2.11. The molecule has 2 aromatic rings. The molecule has 1 aromatic carbocycles. The van der Waals surface area contributed by atoms with Crippen LogP contribution in [0.5, 0.6) is 0 Å². The van der Waals surface area contributed by atoms with Crippen LogP contribution in [0.3, 0.4) is 0 Å². The Balaban J connectivity index is 2.66. The van der Waals surface area contributed by atoms with E-state index in [1.165, 1.54) is 6.92 Å². The number of carbonyl (C=O) groups excluding carboxylic acids is 1. The maximum absolute atomic E-state index is 11.6. The minimum Gasteiger partial charge on any atom is -0.383 e. The molecule has 0 unspecified atom stereocenters. The topological polar surface area (TPSA) is 68.9 Å². The molecule has 0 saturated heterocycles. The second-order valence-electron chi connectivity index (χ2n) is 4.84.